The first-order valence-corrected chi connectivity index (χ1v) is 6.77. The number of hydrogen-bond donors (Lipinski definition) is 1. The molecule has 1 aliphatic heterocycles. The molecule has 2 fully saturated rings. The van der Waals surface area contributed by atoms with Crippen LogP contribution in [0, 0.1) is 5.92 Å². The minimum atomic E-state index is 0.588. The predicted octanol–water partition coefficient (Wildman–Crippen LogP) is 2.66. The Morgan fingerprint density at radius 2 is 2.00 bits per heavy atom. The van der Waals surface area contributed by atoms with Crippen molar-refractivity contribution < 1.29 is 0 Å². The lowest BCUT2D eigenvalue weighted by molar-refractivity contribution is 0.385. The summed E-state index contributed by atoms with van der Waals surface area (Å²) < 4.78 is 0. The topological polar surface area (TPSA) is 12.0 Å². The van der Waals surface area contributed by atoms with E-state index < -0.39 is 0 Å². The van der Waals surface area contributed by atoms with Gasteiger partial charge in [-0.1, -0.05) is 0 Å². The van der Waals surface area contributed by atoms with Gasteiger partial charge in [0.25, 0.3) is 0 Å². The molecule has 0 amide bonds. The van der Waals surface area contributed by atoms with Crippen LogP contribution in [0.3, 0.4) is 0 Å². The van der Waals surface area contributed by atoms with Crippen LogP contribution in [0.25, 0.3) is 0 Å². The largest absolute Gasteiger partial charge is 0.314 e. The Kier molecular flexibility index (Phi) is 3.20. The van der Waals surface area contributed by atoms with E-state index in [0.717, 1.165) is 5.92 Å². The molecule has 76 valence electrons. The zero-order valence-electron chi connectivity index (χ0n) is 8.64. The van der Waals surface area contributed by atoms with Crippen LogP contribution in [0.2, 0.25) is 0 Å². The van der Waals surface area contributed by atoms with Crippen molar-refractivity contribution in [2.45, 2.75) is 44.1 Å². The number of hydrogen-bond acceptors (Lipinski definition) is 2. The lowest BCUT2D eigenvalue weighted by Gasteiger charge is -2.23. The van der Waals surface area contributed by atoms with Crippen molar-refractivity contribution in [3.8, 4) is 0 Å². The van der Waals surface area contributed by atoms with Gasteiger partial charge in [0.05, 0.1) is 0 Å². The lowest BCUT2D eigenvalue weighted by Crippen LogP contribution is -2.28. The summed E-state index contributed by atoms with van der Waals surface area (Å²) in [4.78, 5) is 0. The molecule has 0 unspecified atom stereocenters. The Bertz CT molecular complexity index is 159. The van der Waals surface area contributed by atoms with E-state index in [1.165, 1.54) is 50.0 Å². The van der Waals surface area contributed by atoms with Crippen molar-refractivity contribution in [1.29, 1.82) is 0 Å². The third-order valence-electron chi connectivity index (χ3n) is 3.76. The van der Waals surface area contributed by atoms with Gasteiger partial charge in [-0.3, -0.25) is 0 Å². The van der Waals surface area contributed by atoms with Crippen molar-refractivity contribution in [1.82, 2.24) is 5.32 Å². The summed E-state index contributed by atoms with van der Waals surface area (Å²) in [5.41, 5.74) is 0.588. The van der Waals surface area contributed by atoms with Gasteiger partial charge in [-0.2, -0.15) is 11.8 Å². The molecule has 1 saturated carbocycles. The average molecular weight is 199 g/mol. The third-order valence-corrected chi connectivity index (χ3v) is 4.80. The second-order valence-corrected chi connectivity index (χ2v) is 5.85. The van der Waals surface area contributed by atoms with Gasteiger partial charge in [0, 0.05) is 5.54 Å². The fourth-order valence-electron chi connectivity index (χ4n) is 2.29. The molecule has 1 nitrogen and oxygen atoms in total. The van der Waals surface area contributed by atoms with Gasteiger partial charge in [0.2, 0.25) is 0 Å². The summed E-state index contributed by atoms with van der Waals surface area (Å²) >= 11 is 2.14. The van der Waals surface area contributed by atoms with E-state index in [1.807, 2.05) is 0 Å². The smallest absolute Gasteiger partial charge is 0.0180 e. The average Bonchev–Trinajstić information content (AvgIpc) is 2.97. The maximum atomic E-state index is 3.49. The zero-order chi connectivity index (χ0) is 9.15. The number of rotatable bonds is 4. The molecule has 13 heavy (non-hydrogen) atoms. The molecule has 0 aromatic heterocycles. The number of nitrogens with one attached hydrogen (secondary N) is 1. The molecular weight excluding hydrogens is 178 g/mol. The highest BCUT2D eigenvalue weighted by molar-refractivity contribution is 7.99. The van der Waals surface area contributed by atoms with Crippen LogP contribution in [-0.2, 0) is 0 Å². The van der Waals surface area contributed by atoms with Crippen LogP contribution < -0.4 is 5.32 Å². The Hall–Kier alpha value is 0.310. The molecule has 1 aliphatic carbocycles. The van der Waals surface area contributed by atoms with Gasteiger partial charge in [0.1, 0.15) is 0 Å². The molecule has 0 radical (unpaired) electrons. The highest BCUT2D eigenvalue weighted by atomic mass is 32.2. The summed E-state index contributed by atoms with van der Waals surface area (Å²) in [5, 5.41) is 3.49. The second-order valence-electron chi connectivity index (χ2n) is 4.62. The van der Waals surface area contributed by atoms with Gasteiger partial charge < -0.3 is 5.32 Å². The van der Waals surface area contributed by atoms with Gasteiger partial charge in [-0.25, -0.2) is 0 Å². The van der Waals surface area contributed by atoms with Crippen molar-refractivity contribution in [2.75, 3.05) is 18.6 Å². The number of thioether (sulfide) groups is 1. The second kappa shape index (κ2) is 4.22. The molecular formula is C11H21NS. The molecule has 2 aliphatic rings. The molecule has 0 atom stereocenters. The van der Waals surface area contributed by atoms with E-state index in [1.54, 1.807) is 0 Å². The highest BCUT2D eigenvalue weighted by Crippen LogP contribution is 2.41. The van der Waals surface area contributed by atoms with E-state index in [2.05, 4.69) is 24.1 Å². The summed E-state index contributed by atoms with van der Waals surface area (Å²) in [5.74, 6) is 3.88. The summed E-state index contributed by atoms with van der Waals surface area (Å²) in [6.07, 6.45) is 8.70. The molecule has 0 aromatic rings. The van der Waals surface area contributed by atoms with E-state index in [4.69, 9.17) is 0 Å². The molecule has 1 N–H and O–H groups in total. The van der Waals surface area contributed by atoms with Crippen LogP contribution in [0.5, 0.6) is 0 Å². The van der Waals surface area contributed by atoms with Gasteiger partial charge in [-0.05, 0) is 63.0 Å². The first kappa shape index (κ1) is 9.85. The fourth-order valence-corrected chi connectivity index (χ4v) is 3.50. The first-order valence-electron chi connectivity index (χ1n) is 5.61. The van der Waals surface area contributed by atoms with Crippen molar-refractivity contribution in [3.05, 3.63) is 0 Å². The van der Waals surface area contributed by atoms with E-state index in [-0.39, 0.29) is 0 Å². The minimum Gasteiger partial charge on any atom is -0.314 e. The van der Waals surface area contributed by atoms with E-state index in [9.17, 15) is 0 Å². The van der Waals surface area contributed by atoms with E-state index in [0.29, 0.717) is 5.54 Å². The lowest BCUT2D eigenvalue weighted by atomic mass is 9.94. The Morgan fingerprint density at radius 3 is 2.54 bits per heavy atom. The fraction of sp³-hybridized carbons (Fsp3) is 1.00. The standard InChI is InChI=1S/C11H21NS/c1-12-11(6-7-11)5-2-10-3-8-13-9-4-10/h10,12H,2-9H2,1H3. The zero-order valence-corrected chi connectivity index (χ0v) is 9.46. The van der Waals surface area contributed by atoms with Crippen LogP contribution in [0.4, 0.5) is 0 Å². The highest BCUT2D eigenvalue weighted by Gasteiger charge is 2.40. The maximum Gasteiger partial charge on any atom is 0.0180 e. The molecule has 0 bridgehead atoms. The van der Waals surface area contributed by atoms with Crippen molar-refractivity contribution in [2.24, 2.45) is 5.92 Å². The van der Waals surface area contributed by atoms with Crippen molar-refractivity contribution in [3.63, 3.8) is 0 Å². The Morgan fingerprint density at radius 1 is 1.31 bits per heavy atom. The van der Waals surface area contributed by atoms with Crippen molar-refractivity contribution >= 4 is 11.8 Å². The maximum absolute atomic E-state index is 3.49. The summed E-state index contributed by atoms with van der Waals surface area (Å²) in [6, 6.07) is 0. The normalized spacial score (nSPS) is 27.5. The molecule has 0 aromatic carbocycles. The van der Waals surface area contributed by atoms with Crippen LogP contribution in [0.1, 0.15) is 38.5 Å². The van der Waals surface area contributed by atoms with Gasteiger partial charge >= 0.3 is 0 Å². The molecule has 2 rings (SSSR count). The Balaban J connectivity index is 1.66. The molecule has 1 heterocycles. The quantitative estimate of drug-likeness (QED) is 0.747. The summed E-state index contributed by atoms with van der Waals surface area (Å²) in [7, 11) is 2.13. The van der Waals surface area contributed by atoms with Crippen LogP contribution in [-0.4, -0.2) is 24.1 Å². The van der Waals surface area contributed by atoms with Gasteiger partial charge in [-0.15, -0.1) is 0 Å². The van der Waals surface area contributed by atoms with Gasteiger partial charge in [0.15, 0.2) is 0 Å². The first-order chi connectivity index (χ1) is 6.35. The Labute approximate surface area is 86.0 Å². The molecule has 1 saturated heterocycles. The van der Waals surface area contributed by atoms with Crippen LogP contribution in [0.15, 0.2) is 0 Å². The van der Waals surface area contributed by atoms with Crippen LogP contribution >= 0.6 is 11.8 Å². The minimum absolute atomic E-state index is 0.588. The summed E-state index contributed by atoms with van der Waals surface area (Å²) in [6.45, 7) is 0. The molecule has 0 spiro atoms. The van der Waals surface area contributed by atoms with E-state index >= 15 is 0 Å². The third kappa shape index (κ3) is 2.63. The molecule has 2 heteroatoms. The predicted molar refractivity (Wildman–Crippen MR) is 60.3 cm³/mol. The monoisotopic (exact) mass is 199 g/mol. The SMILES string of the molecule is CNC1(CCC2CCSCC2)CC1.